The molecule has 1 heterocycles. The average molecular weight is 331 g/mol. The highest BCUT2D eigenvalue weighted by molar-refractivity contribution is 9.10. The van der Waals surface area contributed by atoms with Gasteiger partial charge >= 0.3 is 0 Å². The standard InChI is InChI=1S/C14H20BrFN2O/c15-13-10(9-17)5-6-12(14(13)16)18-7-1-3-11(18)4-2-8-19/h5-6,11,19H,1-4,7-9,17H2. The number of halogens is 2. The van der Waals surface area contributed by atoms with Crippen LogP contribution in [-0.2, 0) is 6.54 Å². The second-order valence-corrected chi connectivity index (χ2v) is 5.72. The van der Waals surface area contributed by atoms with Crippen molar-refractivity contribution >= 4 is 21.6 Å². The molecule has 106 valence electrons. The summed E-state index contributed by atoms with van der Waals surface area (Å²) in [7, 11) is 0. The van der Waals surface area contributed by atoms with E-state index >= 15 is 0 Å². The number of aliphatic hydroxyl groups is 1. The van der Waals surface area contributed by atoms with Crippen molar-refractivity contribution in [3.8, 4) is 0 Å². The van der Waals surface area contributed by atoms with E-state index in [-0.39, 0.29) is 12.4 Å². The number of hydrogen-bond acceptors (Lipinski definition) is 3. The lowest BCUT2D eigenvalue weighted by atomic mass is 10.1. The molecule has 1 saturated heterocycles. The second kappa shape index (κ2) is 6.68. The zero-order valence-corrected chi connectivity index (χ0v) is 12.5. The first-order valence-electron chi connectivity index (χ1n) is 6.73. The Hall–Kier alpha value is -0.650. The third kappa shape index (κ3) is 3.09. The molecule has 0 amide bonds. The van der Waals surface area contributed by atoms with Gasteiger partial charge in [-0.1, -0.05) is 6.07 Å². The lowest BCUT2D eigenvalue weighted by molar-refractivity contribution is 0.279. The Morgan fingerprint density at radius 2 is 2.26 bits per heavy atom. The quantitative estimate of drug-likeness (QED) is 0.872. The Labute approximate surface area is 121 Å². The van der Waals surface area contributed by atoms with Crippen LogP contribution in [0.5, 0.6) is 0 Å². The van der Waals surface area contributed by atoms with Gasteiger partial charge in [-0.05, 0) is 53.2 Å². The number of nitrogens with two attached hydrogens (primary N) is 1. The van der Waals surface area contributed by atoms with E-state index < -0.39 is 0 Å². The average Bonchev–Trinajstić information content (AvgIpc) is 2.87. The van der Waals surface area contributed by atoms with E-state index in [1.165, 1.54) is 0 Å². The van der Waals surface area contributed by atoms with E-state index in [1.54, 1.807) is 0 Å². The van der Waals surface area contributed by atoms with Crippen LogP contribution in [0.2, 0.25) is 0 Å². The van der Waals surface area contributed by atoms with Crippen LogP contribution in [0.1, 0.15) is 31.2 Å². The molecule has 0 saturated carbocycles. The summed E-state index contributed by atoms with van der Waals surface area (Å²) in [4.78, 5) is 2.12. The zero-order valence-electron chi connectivity index (χ0n) is 10.9. The molecule has 1 aliphatic rings. The van der Waals surface area contributed by atoms with Gasteiger partial charge in [-0.2, -0.15) is 0 Å². The summed E-state index contributed by atoms with van der Waals surface area (Å²) in [6, 6.07) is 4.03. The van der Waals surface area contributed by atoms with Crippen molar-refractivity contribution in [1.29, 1.82) is 0 Å². The Kier molecular flexibility index (Phi) is 5.19. The van der Waals surface area contributed by atoms with Gasteiger partial charge in [-0.3, -0.25) is 0 Å². The van der Waals surface area contributed by atoms with Crippen molar-refractivity contribution in [2.24, 2.45) is 5.73 Å². The largest absolute Gasteiger partial charge is 0.396 e. The molecule has 0 aromatic heterocycles. The second-order valence-electron chi connectivity index (χ2n) is 4.93. The van der Waals surface area contributed by atoms with Crippen LogP contribution in [0.3, 0.4) is 0 Å². The van der Waals surface area contributed by atoms with Crippen molar-refractivity contribution in [1.82, 2.24) is 0 Å². The van der Waals surface area contributed by atoms with Gasteiger partial charge in [0, 0.05) is 25.7 Å². The van der Waals surface area contributed by atoms with Crippen molar-refractivity contribution in [3.05, 3.63) is 28.0 Å². The lowest BCUT2D eigenvalue weighted by Gasteiger charge is -2.27. The number of anilines is 1. The minimum atomic E-state index is -0.223. The van der Waals surface area contributed by atoms with Crippen molar-refractivity contribution in [2.45, 2.75) is 38.3 Å². The Morgan fingerprint density at radius 3 is 2.95 bits per heavy atom. The summed E-state index contributed by atoms with van der Waals surface area (Å²) in [5.74, 6) is -0.223. The summed E-state index contributed by atoms with van der Waals surface area (Å²) < 4.78 is 14.9. The minimum Gasteiger partial charge on any atom is -0.396 e. The molecule has 0 spiro atoms. The summed E-state index contributed by atoms with van der Waals surface area (Å²) in [6.45, 7) is 1.40. The molecule has 2 rings (SSSR count). The van der Waals surface area contributed by atoms with E-state index in [1.807, 2.05) is 12.1 Å². The summed E-state index contributed by atoms with van der Waals surface area (Å²) in [5.41, 5.74) is 7.01. The predicted octanol–water partition coefficient (Wildman–Crippen LogP) is 2.79. The number of aliphatic hydroxyl groups excluding tert-OH is 1. The number of rotatable bonds is 5. The fourth-order valence-corrected chi connectivity index (χ4v) is 3.24. The third-order valence-corrected chi connectivity index (χ3v) is 4.60. The van der Waals surface area contributed by atoms with Gasteiger partial charge in [0.1, 0.15) is 0 Å². The smallest absolute Gasteiger partial charge is 0.160 e. The van der Waals surface area contributed by atoms with Crippen LogP contribution in [0.25, 0.3) is 0 Å². The molecule has 0 aliphatic carbocycles. The van der Waals surface area contributed by atoms with E-state index in [4.69, 9.17) is 10.8 Å². The monoisotopic (exact) mass is 330 g/mol. The molecular weight excluding hydrogens is 311 g/mol. The van der Waals surface area contributed by atoms with Crippen molar-refractivity contribution < 1.29 is 9.50 Å². The maximum Gasteiger partial charge on any atom is 0.160 e. The first kappa shape index (κ1) is 14.8. The highest BCUT2D eigenvalue weighted by Crippen LogP contribution is 2.34. The molecular formula is C14H20BrFN2O. The zero-order chi connectivity index (χ0) is 13.8. The summed E-state index contributed by atoms with van der Waals surface area (Å²) in [5, 5.41) is 8.94. The van der Waals surface area contributed by atoms with Crippen LogP contribution >= 0.6 is 15.9 Å². The van der Waals surface area contributed by atoms with E-state index in [0.29, 0.717) is 22.7 Å². The highest BCUT2D eigenvalue weighted by Gasteiger charge is 2.27. The van der Waals surface area contributed by atoms with Gasteiger partial charge in [-0.15, -0.1) is 0 Å². The predicted molar refractivity (Wildman–Crippen MR) is 78.7 cm³/mol. The topological polar surface area (TPSA) is 49.5 Å². The van der Waals surface area contributed by atoms with Gasteiger partial charge in [0.2, 0.25) is 0 Å². The van der Waals surface area contributed by atoms with Crippen LogP contribution in [-0.4, -0.2) is 24.3 Å². The van der Waals surface area contributed by atoms with Gasteiger partial charge < -0.3 is 15.7 Å². The molecule has 1 aliphatic heterocycles. The normalized spacial score (nSPS) is 19.2. The lowest BCUT2D eigenvalue weighted by Crippen LogP contribution is -2.30. The first-order chi connectivity index (χ1) is 9.19. The molecule has 1 fully saturated rings. The van der Waals surface area contributed by atoms with Crippen molar-refractivity contribution in [3.63, 3.8) is 0 Å². The van der Waals surface area contributed by atoms with Crippen LogP contribution in [0, 0.1) is 5.82 Å². The van der Waals surface area contributed by atoms with E-state index in [0.717, 1.165) is 37.8 Å². The fourth-order valence-electron chi connectivity index (χ4n) is 2.74. The molecule has 0 radical (unpaired) electrons. The van der Waals surface area contributed by atoms with Gasteiger partial charge in [0.15, 0.2) is 5.82 Å². The first-order valence-corrected chi connectivity index (χ1v) is 7.52. The molecule has 19 heavy (non-hydrogen) atoms. The number of benzene rings is 1. The van der Waals surface area contributed by atoms with Crippen LogP contribution in [0.15, 0.2) is 16.6 Å². The molecule has 1 atom stereocenters. The Balaban J connectivity index is 2.23. The van der Waals surface area contributed by atoms with Gasteiger partial charge in [0.25, 0.3) is 0 Å². The SMILES string of the molecule is NCc1ccc(N2CCCC2CCCO)c(F)c1Br. The van der Waals surface area contributed by atoms with Gasteiger partial charge in [-0.25, -0.2) is 4.39 Å². The fraction of sp³-hybridized carbons (Fsp3) is 0.571. The minimum absolute atomic E-state index is 0.197. The van der Waals surface area contributed by atoms with Crippen LogP contribution in [0.4, 0.5) is 10.1 Å². The third-order valence-electron chi connectivity index (χ3n) is 3.74. The summed E-state index contributed by atoms with van der Waals surface area (Å²) >= 11 is 3.29. The molecule has 5 heteroatoms. The van der Waals surface area contributed by atoms with E-state index in [2.05, 4.69) is 20.8 Å². The molecule has 1 aromatic carbocycles. The molecule has 0 bridgehead atoms. The number of hydrogen-bond donors (Lipinski definition) is 2. The molecule has 1 unspecified atom stereocenters. The van der Waals surface area contributed by atoms with Gasteiger partial charge in [0.05, 0.1) is 10.2 Å². The molecule has 3 nitrogen and oxygen atoms in total. The maximum absolute atomic E-state index is 14.4. The molecule has 3 N–H and O–H groups in total. The van der Waals surface area contributed by atoms with Crippen LogP contribution < -0.4 is 10.6 Å². The highest BCUT2D eigenvalue weighted by atomic mass is 79.9. The Bertz CT molecular complexity index is 442. The summed E-state index contributed by atoms with van der Waals surface area (Å²) in [6.07, 6.45) is 3.82. The maximum atomic E-state index is 14.4. The van der Waals surface area contributed by atoms with Crippen molar-refractivity contribution in [2.75, 3.05) is 18.1 Å². The number of nitrogens with zero attached hydrogens (tertiary/aromatic N) is 1. The molecule has 1 aromatic rings. The van der Waals surface area contributed by atoms with E-state index in [9.17, 15) is 4.39 Å². The Morgan fingerprint density at radius 1 is 1.47 bits per heavy atom.